The molecule has 29 heavy (non-hydrogen) atoms. The maximum Gasteiger partial charge on any atom is 0.406 e. The summed E-state index contributed by atoms with van der Waals surface area (Å²) in [6.07, 6.45) is -4.80. The van der Waals surface area contributed by atoms with Gasteiger partial charge in [0, 0.05) is 0 Å². The summed E-state index contributed by atoms with van der Waals surface area (Å²) >= 11 is 0. The van der Waals surface area contributed by atoms with Crippen molar-refractivity contribution >= 4 is 11.9 Å². The van der Waals surface area contributed by atoms with Crippen LogP contribution in [0.1, 0.15) is 37.4 Å². The number of hydrogen-bond donors (Lipinski definition) is 2. The van der Waals surface area contributed by atoms with E-state index in [0.717, 1.165) is 48.5 Å². The van der Waals surface area contributed by atoms with Crippen LogP contribution >= 0.6 is 0 Å². The molecule has 0 heterocycles. The minimum atomic E-state index is -4.80. The minimum Gasteiger partial charge on any atom is -0.478 e. The van der Waals surface area contributed by atoms with Gasteiger partial charge in [-0.2, -0.15) is 13.2 Å². The van der Waals surface area contributed by atoms with E-state index in [2.05, 4.69) is 0 Å². The highest BCUT2D eigenvalue weighted by molar-refractivity contribution is 5.88. The lowest BCUT2D eigenvalue weighted by atomic mass is 9.68. The second-order valence-electron chi connectivity index (χ2n) is 6.38. The average molecular weight is 400 g/mol. The second-order valence-corrected chi connectivity index (χ2v) is 6.38. The molecule has 0 spiro atoms. The standard InChI is InChI=1S/C22H15F3O4/c23-22(24,25)21(16-4-2-1-3-5-16,17-10-6-14(7-11-17)19(26)27)18-12-8-15(9-13-18)20(28)29/h1-13H,(H,26,27)(H,28,29). The molecule has 0 unspecified atom stereocenters. The SMILES string of the molecule is O=C(O)c1ccc(C(c2ccccc2)(c2ccc(C(=O)O)cc2)C(F)(F)F)cc1. The Hall–Kier alpha value is -3.61. The molecule has 0 bridgehead atoms. The molecular formula is C22H15F3O4. The Morgan fingerprint density at radius 1 is 0.586 bits per heavy atom. The Morgan fingerprint density at radius 3 is 1.24 bits per heavy atom. The maximum atomic E-state index is 14.7. The molecule has 2 N–H and O–H groups in total. The van der Waals surface area contributed by atoms with Gasteiger partial charge in [0.2, 0.25) is 0 Å². The Labute approximate surface area is 163 Å². The topological polar surface area (TPSA) is 74.6 Å². The van der Waals surface area contributed by atoms with E-state index in [1.54, 1.807) is 6.07 Å². The number of alkyl halides is 3. The summed E-state index contributed by atoms with van der Waals surface area (Å²) < 4.78 is 44.2. The summed E-state index contributed by atoms with van der Waals surface area (Å²) in [7, 11) is 0. The molecule has 3 aromatic carbocycles. The zero-order valence-corrected chi connectivity index (χ0v) is 14.9. The van der Waals surface area contributed by atoms with Gasteiger partial charge in [0.05, 0.1) is 11.1 Å². The number of halogens is 3. The number of carbonyl (C=O) groups is 2. The van der Waals surface area contributed by atoms with Crippen LogP contribution in [-0.4, -0.2) is 28.3 Å². The van der Waals surface area contributed by atoms with E-state index in [-0.39, 0.29) is 27.8 Å². The summed E-state index contributed by atoms with van der Waals surface area (Å²) in [6, 6.07) is 16.2. The molecule has 4 nitrogen and oxygen atoms in total. The third-order valence-corrected chi connectivity index (χ3v) is 4.76. The van der Waals surface area contributed by atoms with E-state index >= 15 is 0 Å². The quantitative estimate of drug-likeness (QED) is 0.593. The minimum absolute atomic E-state index is 0.0707. The van der Waals surface area contributed by atoms with Gasteiger partial charge in [-0.1, -0.05) is 54.6 Å². The molecule has 3 aromatic rings. The van der Waals surface area contributed by atoms with Gasteiger partial charge in [0.1, 0.15) is 5.41 Å². The first-order valence-electron chi connectivity index (χ1n) is 8.48. The van der Waals surface area contributed by atoms with Crippen LogP contribution in [0.15, 0.2) is 78.9 Å². The fourth-order valence-electron chi connectivity index (χ4n) is 3.40. The van der Waals surface area contributed by atoms with Gasteiger partial charge in [-0.15, -0.1) is 0 Å². The van der Waals surface area contributed by atoms with E-state index in [9.17, 15) is 22.8 Å². The third-order valence-electron chi connectivity index (χ3n) is 4.76. The van der Waals surface area contributed by atoms with Crippen molar-refractivity contribution in [3.05, 3.63) is 107 Å². The van der Waals surface area contributed by atoms with Gasteiger partial charge in [-0.05, 0) is 41.0 Å². The van der Waals surface area contributed by atoms with Crippen LogP contribution in [0.2, 0.25) is 0 Å². The zero-order chi connectivity index (χ0) is 21.2. The molecule has 0 aliphatic heterocycles. The Balaban J connectivity index is 2.35. The van der Waals surface area contributed by atoms with Crippen molar-refractivity contribution in [2.75, 3.05) is 0 Å². The van der Waals surface area contributed by atoms with Crippen LogP contribution in [0.3, 0.4) is 0 Å². The van der Waals surface area contributed by atoms with Crippen LogP contribution in [0.5, 0.6) is 0 Å². The summed E-state index contributed by atoms with van der Waals surface area (Å²) in [5.74, 6) is -2.50. The van der Waals surface area contributed by atoms with E-state index in [0.29, 0.717) is 0 Å². The first-order valence-corrected chi connectivity index (χ1v) is 8.48. The Bertz CT molecular complexity index is 967. The summed E-state index contributed by atoms with van der Waals surface area (Å²) in [5, 5.41) is 18.2. The molecular weight excluding hydrogens is 385 g/mol. The van der Waals surface area contributed by atoms with E-state index in [1.807, 2.05) is 0 Å². The molecule has 0 amide bonds. The monoisotopic (exact) mass is 400 g/mol. The highest BCUT2D eigenvalue weighted by Crippen LogP contribution is 2.51. The van der Waals surface area contributed by atoms with E-state index in [4.69, 9.17) is 10.2 Å². The fourth-order valence-corrected chi connectivity index (χ4v) is 3.40. The lowest BCUT2D eigenvalue weighted by Crippen LogP contribution is -2.44. The van der Waals surface area contributed by atoms with Crippen molar-refractivity contribution in [1.29, 1.82) is 0 Å². The van der Waals surface area contributed by atoms with E-state index < -0.39 is 23.5 Å². The van der Waals surface area contributed by atoms with Gasteiger partial charge in [0.25, 0.3) is 0 Å². The molecule has 0 fully saturated rings. The van der Waals surface area contributed by atoms with Gasteiger partial charge in [0.15, 0.2) is 0 Å². The van der Waals surface area contributed by atoms with Gasteiger partial charge in [-0.25, -0.2) is 9.59 Å². The molecule has 148 valence electrons. The number of rotatable bonds is 5. The first kappa shape index (κ1) is 20.1. The summed E-state index contributed by atoms with van der Waals surface area (Å²) in [4.78, 5) is 22.2. The normalized spacial score (nSPS) is 11.8. The van der Waals surface area contributed by atoms with Crippen molar-refractivity contribution in [1.82, 2.24) is 0 Å². The Kier molecular flexibility index (Phi) is 5.16. The van der Waals surface area contributed by atoms with Crippen LogP contribution in [-0.2, 0) is 5.41 Å². The van der Waals surface area contributed by atoms with Crippen LogP contribution < -0.4 is 0 Å². The number of carboxylic acids is 2. The predicted molar refractivity (Wildman–Crippen MR) is 99.2 cm³/mol. The fraction of sp³-hybridized carbons (Fsp3) is 0.0909. The maximum absolute atomic E-state index is 14.7. The predicted octanol–water partition coefficient (Wildman–Crippen LogP) is 4.98. The molecule has 0 saturated heterocycles. The van der Waals surface area contributed by atoms with Crippen molar-refractivity contribution < 1.29 is 33.0 Å². The number of aromatic carboxylic acids is 2. The van der Waals surface area contributed by atoms with Crippen LogP contribution in [0.25, 0.3) is 0 Å². The molecule has 0 aromatic heterocycles. The lowest BCUT2D eigenvalue weighted by Gasteiger charge is -2.37. The number of carboxylic acid groups (broad SMARTS) is 2. The average Bonchev–Trinajstić information content (AvgIpc) is 2.69. The molecule has 0 atom stereocenters. The van der Waals surface area contributed by atoms with Crippen molar-refractivity contribution in [2.45, 2.75) is 11.6 Å². The molecule has 0 aliphatic carbocycles. The lowest BCUT2D eigenvalue weighted by molar-refractivity contribution is -0.166. The van der Waals surface area contributed by atoms with Gasteiger partial charge in [-0.3, -0.25) is 0 Å². The molecule has 0 radical (unpaired) electrons. The van der Waals surface area contributed by atoms with Gasteiger partial charge >= 0.3 is 18.1 Å². The highest BCUT2D eigenvalue weighted by Gasteiger charge is 2.58. The van der Waals surface area contributed by atoms with E-state index in [1.165, 1.54) is 24.3 Å². The van der Waals surface area contributed by atoms with Crippen LogP contribution in [0, 0.1) is 0 Å². The molecule has 0 aliphatic rings. The third kappa shape index (κ3) is 3.47. The van der Waals surface area contributed by atoms with Crippen LogP contribution in [0.4, 0.5) is 13.2 Å². The summed E-state index contributed by atoms with van der Waals surface area (Å²) in [5.41, 5.74) is -3.31. The molecule has 0 saturated carbocycles. The molecule has 7 heteroatoms. The van der Waals surface area contributed by atoms with Crippen molar-refractivity contribution in [3.8, 4) is 0 Å². The second kappa shape index (κ2) is 7.43. The zero-order valence-electron chi connectivity index (χ0n) is 14.9. The largest absolute Gasteiger partial charge is 0.478 e. The smallest absolute Gasteiger partial charge is 0.406 e. The number of hydrogen-bond acceptors (Lipinski definition) is 2. The molecule has 3 rings (SSSR count). The van der Waals surface area contributed by atoms with Gasteiger partial charge < -0.3 is 10.2 Å². The van der Waals surface area contributed by atoms with Crippen molar-refractivity contribution in [3.63, 3.8) is 0 Å². The first-order chi connectivity index (χ1) is 13.7. The summed E-state index contributed by atoms with van der Waals surface area (Å²) in [6.45, 7) is 0. The highest BCUT2D eigenvalue weighted by atomic mass is 19.4. The van der Waals surface area contributed by atoms with Crippen molar-refractivity contribution in [2.24, 2.45) is 0 Å². The Morgan fingerprint density at radius 2 is 0.931 bits per heavy atom. The number of benzene rings is 3.